The molecule has 0 radical (unpaired) electrons. The van der Waals surface area contributed by atoms with Crippen LogP contribution in [0.25, 0.3) is 0 Å². The molecule has 1 aromatic carbocycles. The lowest BCUT2D eigenvalue weighted by Crippen LogP contribution is -2.23. The van der Waals surface area contributed by atoms with Crippen LogP contribution in [0.3, 0.4) is 0 Å². The zero-order valence-corrected chi connectivity index (χ0v) is 11.4. The third-order valence-corrected chi connectivity index (χ3v) is 3.19. The molecule has 1 atom stereocenters. The molecular weight excluding hydrogens is 241 g/mol. The number of hydrogen-bond donors (Lipinski definition) is 1. The fourth-order valence-electron chi connectivity index (χ4n) is 2.28. The summed E-state index contributed by atoms with van der Waals surface area (Å²) in [7, 11) is 0. The van der Waals surface area contributed by atoms with Crippen molar-refractivity contribution in [2.75, 3.05) is 6.54 Å². The van der Waals surface area contributed by atoms with Gasteiger partial charge in [-0.3, -0.25) is 0 Å². The van der Waals surface area contributed by atoms with Gasteiger partial charge in [-0.15, -0.1) is 0 Å². The van der Waals surface area contributed by atoms with Gasteiger partial charge >= 0.3 is 0 Å². The van der Waals surface area contributed by atoms with E-state index in [-0.39, 0.29) is 11.9 Å². The Hall–Kier alpha value is -1.61. The summed E-state index contributed by atoms with van der Waals surface area (Å²) < 4.78 is 18.9. The first kappa shape index (κ1) is 13.8. The first-order valence-corrected chi connectivity index (χ1v) is 6.81. The van der Waals surface area contributed by atoms with Gasteiger partial charge in [0.15, 0.2) is 0 Å². The molecule has 2 aromatic rings. The Bertz CT molecular complexity index is 521. The van der Waals surface area contributed by atoms with E-state index in [0.29, 0.717) is 0 Å². The summed E-state index contributed by atoms with van der Waals surface area (Å²) >= 11 is 0. The summed E-state index contributed by atoms with van der Waals surface area (Å²) in [6.07, 6.45) is 3.57. The van der Waals surface area contributed by atoms with Gasteiger partial charge in [-0.05, 0) is 36.7 Å². The van der Waals surface area contributed by atoms with Crippen LogP contribution >= 0.6 is 0 Å². The SMILES string of the molecule is CCCNC(c1cccc(F)c1)c1ccoc1CC. The first-order valence-electron chi connectivity index (χ1n) is 6.81. The van der Waals surface area contributed by atoms with Gasteiger partial charge in [0.2, 0.25) is 0 Å². The predicted octanol–water partition coefficient (Wildman–Crippen LogP) is 4.07. The molecule has 2 nitrogen and oxygen atoms in total. The third kappa shape index (κ3) is 3.24. The molecule has 1 N–H and O–H groups in total. The highest BCUT2D eigenvalue weighted by Crippen LogP contribution is 2.27. The molecule has 0 spiro atoms. The number of halogens is 1. The van der Waals surface area contributed by atoms with Gasteiger partial charge in [-0.25, -0.2) is 4.39 Å². The Morgan fingerprint density at radius 3 is 2.79 bits per heavy atom. The number of benzene rings is 1. The van der Waals surface area contributed by atoms with Crippen molar-refractivity contribution in [2.24, 2.45) is 0 Å². The van der Waals surface area contributed by atoms with Crippen molar-refractivity contribution in [2.45, 2.75) is 32.7 Å². The van der Waals surface area contributed by atoms with Crippen LogP contribution in [0.1, 0.15) is 43.2 Å². The Kier molecular flexibility index (Phi) is 4.74. The number of rotatable bonds is 6. The maximum atomic E-state index is 13.4. The fraction of sp³-hybridized carbons (Fsp3) is 0.375. The zero-order valence-electron chi connectivity index (χ0n) is 11.4. The lowest BCUT2D eigenvalue weighted by Gasteiger charge is -2.19. The van der Waals surface area contributed by atoms with E-state index in [1.54, 1.807) is 18.4 Å². The lowest BCUT2D eigenvalue weighted by molar-refractivity contribution is 0.499. The molecule has 102 valence electrons. The quantitative estimate of drug-likeness (QED) is 0.848. The normalized spacial score (nSPS) is 12.6. The van der Waals surface area contributed by atoms with Crippen LogP contribution in [-0.2, 0) is 6.42 Å². The van der Waals surface area contributed by atoms with Crippen LogP contribution < -0.4 is 5.32 Å². The van der Waals surface area contributed by atoms with Crippen LogP contribution in [0.15, 0.2) is 41.0 Å². The van der Waals surface area contributed by atoms with Gasteiger partial charge in [0.05, 0.1) is 12.3 Å². The Labute approximate surface area is 113 Å². The highest BCUT2D eigenvalue weighted by atomic mass is 19.1. The van der Waals surface area contributed by atoms with Crippen molar-refractivity contribution < 1.29 is 8.81 Å². The molecule has 19 heavy (non-hydrogen) atoms. The second-order valence-electron chi connectivity index (χ2n) is 4.59. The van der Waals surface area contributed by atoms with Gasteiger partial charge in [0, 0.05) is 12.0 Å². The number of furan rings is 1. The van der Waals surface area contributed by atoms with E-state index >= 15 is 0 Å². The van der Waals surface area contributed by atoms with Crippen molar-refractivity contribution >= 4 is 0 Å². The molecular formula is C16H20FNO. The minimum atomic E-state index is -0.206. The molecule has 0 aliphatic rings. The largest absolute Gasteiger partial charge is 0.469 e. The van der Waals surface area contributed by atoms with Crippen LogP contribution in [0, 0.1) is 5.82 Å². The van der Waals surface area contributed by atoms with Crippen molar-refractivity contribution in [3.8, 4) is 0 Å². The summed E-state index contributed by atoms with van der Waals surface area (Å²) in [5, 5.41) is 3.46. The lowest BCUT2D eigenvalue weighted by atomic mass is 9.98. The molecule has 0 bridgehead atoms. The van der Waals surface area contributed by atoms with Gasteiger partial charge in [0.1, 0.15) is 11.6 Å². The molecule has 0 aliphatic heterocycles. The molecule has 1 unspecified atom stereocenters. The second-order valence-corrected chi connectivity index (χ2v) is 4.59. The van der Waals surface area contributed by atoms with E-state index in [0.717, 1.165) is 36.3 Å². The molecule has 0 saturated carbocycles. The standard InChI is InChI=1S/C16H20FNO/c1-3-9-18-16(12-6-5-7-13(17)11-12)14-8-10-19-15(14)4-2/h5-8,10-11,16,18H,3-4,9H2,1-2H3. The third-order valence-electron chi connectivity index (χ3n) is 3.19. The van der Waals surface area contributed by atoms with E-state index in [2.05, 4.69) is 19.2 Å². The summed E-state index contributed by atoms with van der Waals surface area (Å²) in [5.74, 6) is 0.750. The molecule has 0 aliphatic carbocycles. The zero-order chi connectivity index (χ0) is 13.7. The van der Waals surface area contributed by atoms with E-state index in [4.69, 9.17) is 4.42 Å². The van der Waals surface area contributed by atoms with E-state index in [9.17, 15) is 4.39 Å². The minimum absolute atomic E-state index is 0.00986. The van der Waals surface area contributed by atoms with Crippen molar-refractivity contribution in [1.82, 2.24) is 5.32 Å². The highest BCUT2D eigenvalue weighted by molar-refractivity contribution is 5.33. The van der Waals surface area contributed by atoms with E-state index in [1.807, 2.05) is 12.1 Å². The number of aryl methyl sites for hydroxylation is 1. The van der Waals surface area contributed by atoms with Gasteiger partial charge in [-0.2, -0.15) is 0 Å². The first-order chi connectivity index (χ1) is 9.26. The van der Waals surface area contributed by atoms with Crippen LogP contribution in [0.4, 0.5) is 4.39 Å². The maximum absolute atomic E-state index is 13.4. The van der Waals surface area contributed by atoms with Gasteiger partial charge < -0.3 is 9.73 Å². The average Bonchev–Trinajstić information content (AvgIpc) is 2.88. The summed E-state index contributed by atoms with van der Waals surface area (Å²) in [6.45, 7) is 5.06. The van der Waals surface area contributed by atoms with Crippen molar-refractivity contribution in [3.63, 3.8) is 0 Å². The highest BCUT2D eigenvalue weighted by Gasteiger charge is 2.18. The topological polar surface area (TPSA) is 25.2 Å². The Balaban J connectivity index is 2.35. The van der Waals surface area contributed by atoms with Gasteiger partial charge in [-0.1, -0.05) is 26.0 Å². The van der Waals surface area contributed by atoms with E-state index in [1.165, 1.54) is 6.07 Å². The molecule has 0 amide bonds. The number of nitrogens with one attached hydrogen (secondary N) is 1. The van der Waals surface area contributed by atoms with Crippen LogP contribution in [0.2, 0.25) is 0 Å². The molecule has 0 saturated heterocycles. The fourth-order valence-corrected chi connectivity index (χ4v) is 2.28. The summed E-state index contributed by atoms with van der Waals surface area (Å²) in [4.78, 5) is 0. The van der Waals surface area contributed by atoms with Crippen LogP contribution in [-0.4, -0.2) is 6.54 Å². The molecule has 1 heterocycles. The van der Waals surface area contributed by atoms with E-state index < -0.39 is 0 Å². The smallest absolute Gasteiger partial charge is 0.123 e. The molecule has 1 aromatic heterocycles. The van der Waals surface area contributed by atoms with Gasteiger partial charge in [0.25, 0.3) is 0 Å². The predicted molar refractivity (Wildman–Crippen MR) is 74.6 cm³/mol. The van der Waals surface area contributed by atoms with Crippen molar-refractivity contribution in [3.05, 3.63) is 59.3 Å². The average molecular weight is 261 g/mol. The minimum Gasteiger partial charge on any atom is -0.469 e. The Morgan fingerprint density at radius 1 is 1.26 bits per heavy atom. The van der Waals surface area contributed by atoms with Crippen LogP contribution in [0.5, 0.6) is 0 Å². The Morgan fingerprint density at radius 2 is 2.11 bits per heavy atom. The summed E-state index contributed by atoms with van der Waals surface area (Å²) in [5.41, 5.74) is 2.03. The monoisotopic (exact) mass is 261 g/mol. The molecule has 2 rings (SSSR count). The number of hydrogen-bond acceptors (Lipinski definition) is 2. The van der Waals surface area contributed by atoms with Crippen molar-refractivity contribution in [1.29, 1.82) is 0 Å². The summed E-state index contributed by atoms with van der Waals surface area (Å²) in [6, 6.07) is 8.71. The molecule has 3 heteroatoms. The maximum Gasteiger partial charge on any atom is 0.123 e. The second kappa shape index (κ2) is 6.53. The molecule has 0 fully saturated rings.